The maximum absolute atomic E-state index is 12.3. The Morgan fingerprint density at radius 2 is 2.19 bits per heavy atom. The predicted octanol–water partition coefficient (Wildman–Crippen LogP) is 2.88. The van der Waals surface area contributed by atoms with Crippen molar-refractivity contribution in [1.29, 1.82) is 5.41 Å². The Bertz CT molecular complexity index is 408. The minimum absolute atomic E-state index is 0.0800. The van der Waals surface area contributed by atoms with Gasteiger partial charge in [-0.2, -0.15) is 13.2 Å². The number of nitrogens with two attached hydrogens (primary N) is 1. The average Bonchev–Trinajstić information content (AvgIpc) is 2.14. The highest BCUT2D eigenvalue weighted by molar-refractivity contribution is 8.13. The number of thioether (sulfide) groups is 1. The van der Waals surface area contributed by atoms with Gasteiger partial charge in [0, 0.05) is 11.9 Å². The highest BCUT2D eigenvalue weighted by Gasteiger charge is 2.31. The van der Waals surface area contributed by atoms with E-state index >= 15 is 0 Å². The van der Waals surface area contributed by atoms with Crippen LogP contribution in [0.15, 0.2) is 12.3 Å². The molecule has 0 saturated heterocycles. The van der Waals surface area contributed by atoms with Crippen LogP contribution in [-0.2, 0) is 11.9 Å². The topological polar surface area (TPSA) is 62.8 Å². The average molecular weight is 270 g/mol. The van der Waals surface area contributed by atoms with Crippen molar-refractivity contribution in [3.05, 3.63) is 28.5 Å². The van der Waals surface area contributed by atoms with Crippen molar-refractivity contribution in [2.75, 3.05) is 0 Å². The Hall–Kier alpha value is -0.950. The standard InChI is InChI=1S/C8H7ClF3N3S/c9-5-1-4(8(10,11)12)2-15-6(5)3-16-7(13)14/h1-2H,3H2,(H3,13,14). The lowest BCUT2D eigenvalue weighted by atomic mass is 10.2. The lowest BCUT2D eigenvalue weighted by Crippen LogP contribution is -2.07. The molecule has 0 aliphatic carbocycles. The molecular formula is C8H7ClF3N3S. The second kappa shape index (κ2) is 4.92. The van der Waals surface area contributed by atoms with E-state index in [0.29, 0.717) is 6.20 Å². The molecule has 0 saturated carbocycles. The lowest BCUT2D eigenvalue weighted by molar-refractivity contribution is -0.137. The first-order chi connectivity index (χ1) is 7.30. The van der Waals surface area contributed by atoms with E-state index in [4.69, 9.17) is 22.7 Å². The van der Waals surface area contributed by atoms with Crippen LogP contribution in [0.3, 0.4) is 0 Å². The first-order valence-corrected chi connectivity index (χ1v) is 5.35. The van der Waals surface area contributed by atoms with E-state index in [9.17, 15) is 13.2 Å². The number of hydrogen-bond acceptors (Lipinski definition) is 3. The van der Waals surface area contributed by atoms with Gasteiger partial charge in [-0.25, -0.2) is 0 Å². The van der Waals surface area contributed by atoms with E-state index in [0.717, 1.165) is 17.8 Å². The molecule has 88 valence electrons. The number of nitrogens with zero attached hydrogens (tertiary/aromatic N) is 1. The van der Waals surface area contributed by atoms with Gasteiger partial charge in [-0.1, -0.05) is 23.4 Å². The van der Waals surface area contributed by atoms with E-state index in [1.807, 2.05) is 0 Å². The molecule has 0 spiro atoms. The number of rotatable bonds is 2. The number of amidine groups is 1. The minimum atomic E-state index is -4.46. The molecule has 0 aliphatic heterocycles. The van der Waals surface area contributed by atoms with Crippen LogP contribution in [0.5, 0.6) is 0 Å². The smallest absolute Gasteiger partial charge is 0.379 e. The molecule has 16 heavy (non-hydrogen) atoms. The summed E-state index contributed by atoms with van der Waals surface area (Å²) in [6.07, 6.45) is -3.75. The first-order valence-electron chi connectivity index (χ1n) is 3.99. The van der Waals surface area contributed by atoms with E-state index in [2.05, 4.69) is 4.98 Å². The first kappa shape index (κ1) is 13.1. The molecule has 0 atom stereocenters. The van der Waals surface area contributed by atoms with E-state index in [1.54, 1.807) is 0 Å². The zero-order valence-electron chi connectivity index (χ0n) is 7.81. The van der Waals surface area contributed by atoms with Crippen molar-refractivity contribution < 1.29 is 13.2 Å². The van der Waals surface area contributed by atoms with Crippen molar-refractivity contribution in [2.45, 2.75) is 11.9 Å². The van der Waals surface area contributed by atoms with Gasteiger partial charge in [-0.15, -0.1) is 0 Å². The molecule has 0 aliphatic rings. The fourth-order valence-corrected chi connectivity index (χ4v) is 1.71. The van der Waals surface area contributed by atoms with Crippen molar-refractivity contribution in [3.8, 4) is 0 Å². The fraction of sp³-hybridized carbons (Fsp3) is 0.250. The second-order valence-corrected chi connectivity index (χ2v) is 4.23. The lowest BCUT2D eigenvalue weighted by Gasteiger charge is -2.08. The molecule has 0 unspecified atom stereocenters. The predicted molar refractivity (Wildman–Crippen MR) is 57.5 cm³/mol. The van der Waals surface area contributed by atoms with Gasteiger partial charge in [-0.05, 0) is 6.07 Å². The summed E-state index contributed by atoms with van der Waals surface area (Å²) in [6, 6.07) is 0.810. The van der Waals surface area contributed by atoms with E-state index < -0.39 is 11.7 Å². The molecule has 0 amide bonds. The van der Waals surface area contributed by atoms with Crippen molar-refractivity contribution in [1.82, 2.24) is 4.98 Å². The summed E-state index contributed by atoms with van der Waals surface area (Å²) in [6.45, 7) is 0. The van der Waals surface area contributed by atoms with Crippen LogP contribution in [0, 0.1) is 5.41 Å². The van der Waals surface area contributed by atoms with Crippen LogP contribution >= 0.6 is 23.4 Å². The fourth-order valence-electron chi connectivity index (χ4n) is 0.874. The maximum atomic E-state index is 12.3. The zero-order valence-corrected chi connectivity index (χ0v) is 9.38. The van der Waals surface area contributed by atoms with Crippen LogP contribution in [0.4, 0.5) is 13.2 Å². The summed E-state index contributed by atoms with van der Waals surface area (Å²) in [5, 5.41) is 6.72. The van der Waals surface area contributed by atoms with Crippen LogP contribution in [0.1, 0.15) is 11.3 Å². The Kier molecular flexibility index (Phi) is 4.03. The third-order valence-corrected chi connectivity index (χ3v) is 2.67. The SMILES string of the molecule is N=C(N)SCc1ncc(C(F)(F)F)cc1Cl. The number of pyridine rings is 1. The number of aromatic nitrogens is 1. The quantitative estimate of drug-likeness (QED) is 0.641. The summed E-state index contributed by atoms with van der Waals surface area (Å²) in [5.41, 5.74) is 4.46. The Balaban J connectivity index is 2.88. The molecule has 1 heterocycles. The molecule has 3 N–H and O–H groups in total. The Morgan fingerprint density at radius 3 is 2.62 bits per heavy atom. The Labute approximate surface area is 98.7 Å². The van der Waals surface area contributed by atoms with Crippen LogP contribution < -0.4 is 5.73 Å². The molecule has 0 aromatic carbocycles. The highest BCUT2D eigenvalue weighted by atomic mass is 35.5. The molecule has 3 nitrogen and oxygen atoms in total. The summed E-state index contributed by atoms with van der Waals surface area (Å²) in [5.74, 6) is 0.173. The molecule has 0 radical (unpaired) electrons. The van der Waals surface area contributed by atoms with Crippen LogP contribution in [0.2, 0.25) is 5.02 Å². The summed E-state index contributed by atoms with van der Waals surface area (Å²) in [4.78, 5) is 3.59. The largest absolute Gasteiger partial charge is 0.417 e. The summed E-state index contributed by atoms with van der Waals surface area (Å²) < 4.78 is 36.8. The van der Waals surface area contributed by atoms with Gasteiger partial charge in [0.2, 0.25) is 0 Å². The van der Waals surface area contributed by atoms with Gasteiger partial charge in [0.15, 0.2) is 5.17 Å². The van der Waals surface area contributed by atoms with Gasteiger partial charge < -0.3 is 5.73 Å². The number of halogens is 4. The molecular weight excluding hydrogens is 263 g/mol. The second-order valence-electron chi connectivity index (χ2n) is 2.80. The normalized spacial score (nSPS) is 11.5. The zero-order chi connectivity index (χ0) is 12.3. The van der Waals surface area contributed by atoms with Gasteiger partial charge >= 0.3 is 6.18 Å². The maximum Gasteiger partial charge on any atom is 0.417 e. The van der Waals surface area contributed by atoms with Gasteiger partial charge in [0.1, 0.15) is 0 Å². The van der Waals surface area contributed by atoms with Crippen molar-refractivity contribution in [3.63, 3.8) is 0 Å². The monoisotopic (exact) mass is 269 g/mol. The molecule has 0 bridgehead atoms. The number of nitrogens with one attached hydrogen (secondary N) is 1. The van der Waals surface area contributed by atoms with Gasteiger partial charge in [0.25, 0.3) is 0 Å². The molecule has 1 aromatic rings. The van der Waals surface area contributed by atoms with Crippen molar-refractivity contribution in [2.24, 2.45) is 5.73 Å². The minimum Gasteiger partial charge on any atom is -0.379 e. The van der Waals surface area contributed by atoms with Crippen LogP contribution in [-0.4, -0.2) is 10.2 Å². The molecule has 1 rings (SSSR count). The third kappa shape index (κ3) is 3.57. The van der Waals surface area contributed by atoms with Crippen LogP contribution in [0.25, 0.3) is 0 Å². The third-order valence-electron chi connectivity index (χ3n) is 1.61. The Morgan fingerprint density at radius 1 is 1.56 bits per heavy atom. The highest BCUT2D eigenvalue weighted by Crippen LogP contribution is 2.31. The molecule has 0 fully saturated rings. The molecule has 1 aromatic heterocycles. The number of hydrogen-bond donors (Lipinski definition) is 2. The van der Waals surface area contributed by atoms with E-state index in [1.165, 1.54) is 0 Å². The molecule has 8 heteroatoms. The van der Waals surface area contributed by atoms with E-state index in [-0.39, 0.29) is 21.6 Å². The van der Waals surface area contributed by atoms with Crippen molar-refractivity contribution >= 4 is 28.5 Å². The summed E-state index contributed by atoms with van der Waals surface area (Å²) in [7, 11) is 0. The van der Waals surface area contributed by atoms with Gasteiger partial charge in [-0.3, -0.25) is 10.4 Å². The van der Waals surface area contributed by atoms with Gasteiger partial charge in [0.05, 0.1) is 16.3 Å². The number of alkyl halides is 3. The summed E-state index contributed by atoms with van der Waals surface area (Å²) >= 11 is 6.58.